The molecule has 1 atom stereocenters. The van der Waals surface area contributed by atoms with E-state index in [1.165, 1.54) is 0 Å². The molecule has 1 unspecified atom stereocenters. The lowest BCUT2D eigenvalue weighted by atomic mass is 10.2. The molecule has 0 aliphatic carbocycles. The molecule has 0 bridgehead atoms. The zero-order valence-electron chi connectivity index (χ0n) is 8.39. The summed E-state index contributed by atoms with van der Waals surface area (Å²) in [6.07, 6.45) is 0.319. The normalized spacial score (nSPS) is 22.1. The van der Waals surface area contributed by atoms with Crippen molar-refractivity contribution >= 4 is 21.7 Å². The maximum Gasteiger partial charge on any atom is 0.310 e. The van der Waals surface area contributed by atoms with Gasteiger partial charge in [0.2, 0.25) is 0 Å². The van der Waals surface area contributed by atoms with Crippen molar-refractivity contribution in [1.82, 2.24) is 10.6 Å². The summed E-state index contributed by atoms with van der Waals surface area (Å²) in [7, 11) is -3.08. The van der Waals surface area contributed by atoms with Crippen LogP contribution in [0.25, 0.3) is 0 Å². The van der Waals surface area contributed by atoms with Gasteiger partial charge in [0.1, 0.15) is 6.54 Å². The fraction of sp³-hybridized carbons (Fsp3) is 0.625. The number of rotatable bonds is 2. The molecule has 0 saturated carbocycles. The monoisotopic (exact) mass is 245 g/mol. The zero-order chi connectivity index (χ0) is 12.2. The largest absolute Gasteiger partial charge is 0.344 e. The van der Waals surface area contributed by atoms with Gasteiger partial charge in [0.05, 0.1) is 17.6 Å². The van der Waals surface area contributed by atoms with Crippen molar-refractivity contribution < 1.29 is 18.0 Å². The summed E-state index contributed by atoms with van der Waals surface area (Å²) in [5.41, 5.74) is 0. The van der Waals surface area contributed by atoms with Crippen molar-refractivity contribution in [2.75, 3.05) is 18.1 Å². The van der Waals surface area contributed by atoms with Gasteiger partial charge in [0, 0.05) is 6.04 Å². The molecule has 0 aromatic rings. The highest BCUT2D eigenvalue weighted by molar-refractivity contribution is 7.91. The van der Waals surface area contributed by atoms with Crippen LogP contribution in [0.4, 0.5) is 0 Å². The predicted octanol–water partition coefficient (Wildman–Crippen LogP) is -2.07. The zero-order valence-corrected chi connectivity index (χ0v) is 9.21. The number of nitriles is 1. The van der Waals surface area contributed by atoms with E-state index in [1.54, 1.807) is 6.07 Å². The van der Waals surface area contributed by atoms with Gasteiger partial charge in [-0.25, -0.2) is 8.42 Å². The molecule has 1 aliphatic heterocycles. The van der Waals surface area contributed by atoms with E-state index in [2.05, 4.69) is 10.6 Å². The molecule has 0 spiro atoms. The summed E-state index contributed by atoms with van der Waals surface area (Å²) >= 11 is 0. The first-order valence-corrected chi connectivity index (χ1v) is 6.43. The molecule has 0 radical (unpaired) electrons. The van der Waals surface area contributed by atoms with Crippen LogP contribution in [-0.2, 0) is 19.4 Å². The molecule has 2 N–H and O–H groups in total. The minimum Gasteiger partial charge on any atom is -0.344 e. The first kappa shape index (κ1) is 12.4. The molecule has 8 heteroatoms. The van der Waals surface area contributed by atoms with Gasteiger partial charge in [0.25, 0.3) is 0 Å². The molecule has 2 amide bonds. The third kappa shape index (κ3) is 3.51. The standard InChI is InChI=1S/C8H11N3O4S/c9-2-3-10-7(12)8(13)11-6-1-4-16(14,15)5-6/h6H,1,3-5H2,(H,10,12)(H,11,13). The van der Waals surface area contributed by atoms with Crippen molar-refractivity contribution in [1.29, 1.82) is 5.26 Å². The Morgan fingerprint density at radius 2 is 2.06 bits per heavy atom. The van der Waals surface area contributed by atoms with Gasteiger partial charge in [0.15, 0.2) is 9.84 Å². The van der Waals surface area contributed by atoms with Crippen molar-refractivity contribution in [2.45, 2.75) is 12.5 Å². The van der Waals surface area contributed by atoms with Crippen molar-refractivity contribution in [3.8, 4) is 6.07 Å². The predicted molar refractivity (Wildman–Crippen MR) is 53.8 cm³/mol. The highest BCUT2D eigenvalue weighted by atomic mass is 32.2. The quantitative estimate of drug-likeness (QED) is 0.428. The summed E-state index contributed by atoms with van der Waals surface area (Å²) < 4.78 is 22.1. The average molecular weight is 245 g/mol. The Kier molecular flexibility index (Phi) is 3.84. The van der Waals surface area contributed by atoms with Crippen LogP contribution in [0.5, 0.6) is 0 Å². The summed E-state index contributed by atoms with van der Waals surface area (Å²) in [5, 5.41) is 12.5. The van der Waals surface area contributed by atoms with Crippen LogP contribution in [0.1, 0.15) is 6.42 Å². The highest BCUT2D eigenvalue weighted by Gasteiger charge is 2.30. The minimum atomic E-state index is -3.08. The molecule has 7 nitrogen and oxygen atoms in total. The van der Waals surface area contributed by atoms with Crippen LogP contribution in [0.3, 0.4) is 0 Å². The van der Waals surface area contributed by atoms with Crippen LogP contribution in [0.15, 0.2) is 0 Å². The Morgan fingerprint density at radius 3 is 2.56 bits per heavy atom. The van der Waals surface area contributed by atoms with Crippen LogP contribution >= 0.6 is 0 Å². The molecule has 0 aromatic carbocycles. The van der Waals surface area contributed by atoms with Gasteiger partial charge >= 0.3 is 11.8 Å². The van der Waals surface area contributed by atoms with Gasteiger partial charge in [-0.05, 0) is 6.42 Å². The molecule has 1 rings (SSSR count). The fourth-order valence-electron chi connectivity index (χ4n) is 1.36. The first-order chi connectivity index (χ1) is 7.44. The van der Waals surface area contributed by atoms with Gasteiger partial charge in [-0.15, -0.1) is 0 Å². The van der Waals surface area contributed by atoms with Gasteiger partial charge in [-0.3, -0.25) is 9.59 Å². The Hall–Kier alpha value is -1.62. The maximum absolute atomic E-state index is 11.2. The summed E-state index contributed by atoms with van der Waals surface area (Å²) in [6, 6.07) is 1.14. The Labute approximate surface area is 92.7 Å². The second-order valence-electron chi connectivity index (χ2n) is 3.41. The second kappa shape index (κ2) is 4.94. The number of nitrogens with one attached hydrogen (secondary N) is 2. The summed E-state index contributed by atoms with van der Waals surface area (Å²) in [6.45, 7) is -0.255. The van der Waals surface area contributed by atoms with Gasteiger partial charge in [-0.2, -0.15) is 5.26 Å². The Bertz CT molecular complexity index is 437. The van der Waals surface area contributed by atoms with Crippen LogP contribution in [-0.4, -0.2) is 44.3 Å². The van der Waals surface area contributed by atoms with E-state index in [4.69, 9.17) is 5.26 Å². The molecular weight excluding hydrogens is 234 g/mol. The van der Waals surface area contributed by atoms with Crippen LogP contribution in [0.2, 0.25) is 0 Å². The average Bonchev–Trinajstić information content (AvgIpc) is 2.54. The lowest BCUT2D eigenvalue weighted by molar-refractivity contribution is -0.139. The van der Waals surface area contributed by atoms with Crippen LogP contribution in [0, 0.1) is 11.3 Å². The number of sulfone groups is 1. The van der Waals surface area contributed by atoms with E-state index < -0.39 is 27.7 Å². The third-order valence-corrected chi connectivity index (χ3v) is 3.87. The Balaban J connectivity index is 2.41. The van der Waals surface area contributed by atoms with E-state index in [-0.39, 0.29) is 18.1 Å². The minimum absolute atomic E-state index is 0.0256. The maximum atomic E-state index is 11.2. The Morgan fingerprint density at radius 1 is 1.38 bits per heavy atom. The molecule has 0 aromatic heterocycles. The lowest BCUT2D eigenvalue weighted by Gasteiger charge is -2.09. The van der Waals surface area contributed by atoms with E-state index in [1.807, 2.05) is 0 Å². The second-order valence-corrected chi connectivity index (χ2v) is 5.64. The molecule has 88 valence electrons. The highest BCUT2D eigenvalue weighted by Crippen LogP contribution is 2.10. The molecular formula is C8H11N3O4S. The molecule has 1 aliphatic rings. The molecule has 16 heavy (non-hydrogen) atoms. The summed E-state index contributed by atoms with van der Waals surface area (Å²) in [5.74, 6) is -1.94. The van der Waals surface area contributed by atoms with Crippen molar-refractivity contribution in [3.05, 3.63) is 0 Å². The van der Waals surface area contributed by atoms with Crippen LogP contribution < -0.4 is 10.6 Å². The first-order valence-electron chi connectivity index (χ1n) is 4.60. The van der Waals surface area contributed by atoms with E-state index >= 15 is 0 Å². The van der Waals surface area contributed by atoms with E-state index in [9.17, 15) is 18.0 Å². The topological polar surface area (TPSA) is 116 Å². The number of carbonyl (C=O) groups is 2. The third-order valence-electron chi connectivity index (χ3n) is 2.10. The number of hydrogen-bond acceptors (Lipinski definition) is 5. The molecule has 1 fully saturated rings. The lowest BCUT2D eigenvalue weighted by Crippen LogP contribution is -2.45. The molecule has 1 heterocycles. The van der Waals surface area contributed by atoms with Crippen molar-refractivity contribution in [2.24, 2.45) is 0 Å². The number of amides is 2. The fourth-order valence-corrected chi connectivity index (χ4v) is 3.03. The number of nitrogens with zero attached hydrogens (tertiary/aromatic N) is 1. The SMILES string of the molecule is N#CCNC(=O)C(=O)NC1CCS(=O)(=O)C1. The summed E-state index contributed by atoms with van der Waals surface area (Å²) in [4.78, 5) is 22.2. The number of hydrogen-bond donors (Lipinski definition) is 2. The van der Waals surface area contributed by atoms with Gasteiger partial charge < -0.3 is 10.6 Å². The smallest absolute Gasteiger partial charge is 0.310 e. The molecule has 1 saturated heterocycles. The van der Waals surface area contributed by atoms with E-state index in [0.717, 1.165) is 0 Å². The number of carbonyl (C=O) groups excluding carboxylic acids is 2. The van der Waals surface area contributed by atoms with E-state index in [0.29, 0.717) is 6.42 Å². The van der Waals surface area contributed by atoms with Crippen molar-refractivity contribution in [3.63, 3.8) is 0 Å². The van der Waals surface area contributed by atoms with Gasteiger partial charge in [-0.1, -0.05) is 0 Å².